The summed E-state index contributed by atoms with van der Waals surface area (Å²) in [6, 6.07) is 8.01. The number of nitrogens with two attached hydrogens (primary N) is 1. The van der Waals surface area contributed by atoms with Crippen LogP contribution in [-0.2, 0) is 10.2 Å². The van der Waals surface area contributed by atoms with E-state index in [0.29, 0.717) is 31.3 Å². The third kappa shape index (κ3) is 5.44. The Morgan fingerprint density at radius 2 is 1.96 bits per heavy atom. The van der Waals surface area contributed by atoms with Crippen molar-refractivity contribution in [3.05, 3.63) is 29.8 Å². The van der Waals surface area contributed by atoms with E-state index in [1.807, 2.05) is 0 Å². The Bertz CT molecular complexity index is 581. The van der Waals surface area contributed by atoms with Crippen molar-refractivity contribution in [2.75, 3.05) is 25.4 Å². The molecule has 0 spiro atoms. The number of nitrogens with zero attached hydrogens (tertiary/aromatic N) is 1. The Morgan fingerprint density at radius 3 is 2.50 bits per heavy atom. The molecule has 1 aliphatic heterocycles. The Morgan fingerprint density at radius 1 is 1.29 bits per heavy atom. The lowest BCUT2D eigenvalue weighted by Gasteiger charge is -2.19. The van der Waals surface area contributed by atoms with Gasteiger partial charge in [-0.05, 0) is 35.4 Å². The Balaban J connectivity index is 1.71. The van der Waals surface area contributed by atoms with Crippen LogP contribution < -0.4 is 11.1 Å². The van der Waals surface area contributed by atoms with Gasteiger partial charge in [0.15, 0.2) is 0 Å². The Kier molecular flexibility index (Phi) is 6.15. The molecule has 1 aromatic rings. The molecule has 2 rings (SSSR count). The van der Waals surface area contributed by atoms with Gasteiger partial charge in [0.2, 0.25) is 5.91 Å². The lowest BCUT2D eigenvalue weighted by molar-refractivity contribution is -0.118. The number of hydrogen-bond donors (Lipinski definition) is 2. The summed E-state index contributed by atoms with van der Waals surface area (Å²) in [5.74, 6) is 0.733. The van der Waals surface area contributed by atoms with E-state index < -0.39 is 0 Å². The topological polar surface area (TPSA) is 75.4 Å². The second kappa shape index (κ2) is 7.92. The average Bonchev–Trinajstić information content (AvgIpc) is 3.00. The SMILES string of the molecule is CC(C)(C)c1ccc(SCC(=O)NC[C@@H]2CCN(C(N)=O)C2)cc1. The second-order valence-corrected chi connectivity index (χ2v) is 8.35. The molecular weight excluding hydrogens is 322 g/mol. The molecule has 1 saturated heterocycles. The molecule has 0 aliphatic carbocycles. The molecule has 132 valence electrons. The molecule has 6 heteroatoms. The highest BCUT2D eigenvalue weighted by Crippen LogP contribution is 2.25. The zero-order valence-electron chi connectivity index (χ0n) is 14.7. The van der Waals surface area contributed by atoms with Crippen LogP contribution in [0.1, 0.15) is 32.8 Å². The van der Waals surface area contributed by atoms with E-state index >= 15 is 0 Å². The molecule has 5 nitrogen and oxygen atoms in total. The van der Waals surface area contributed by atoms with Crippen LogP contribution >= 0.6 is 11.8 Å². The molecule has 0 radical (unpaired) electrons. The molecule has 24 heavy (non-hydrogen) atoms. The molecule has 1 aliphatic rings. The number of likely N-dealkylation sites (tertiary alicyclic amines) is 1. The number of hydrogen-bond acceptors (Lipinski definition) is 3. The molecule has 3 N–H and O–H groups in total. The summed E-state index contributed by atoms with van der Waals surface area (Å²) in [4.78, 5) is 25.8. The van der Waals surface area contributed by atoms with Crippen LogP contribution in [0.5, 0.6) is 0 Å². The minimum Gasteiger partial charge on any atom is -0.355 e. The highest BCUT2D eigenvalue weighted by Gasteiger charge is 2.24. The smallest absolute Gasteiger partial charge is 0.314 e. The molecular formula is C18H27N3O2S. The molecule has 3 amide bonds. The first-order valence-electron chi connectivity index (χ1n) is 8.30. The first kappa shape index (κ1) is 18.6. The lowest BCUT2D eigenvalue weighted by Crippen LogP contribution is -2.36. The third-order valence-corrected chi connectivity index (χ3v) is 5.29. The van der Waals surface area contributed by atoms with E-state index in [0.717, 1.165) is 11.3 Å². The van der Waals surface area contributed by atoms with Gasteiger partial charge in [-0.3, -0.25) is 4.79 Å². The number of benzene rings is 1. The van der Waals surface area contributed by atoms with E-state index in [-0.39, 0.29) is 17.4 Å². The summed E-state index contributed by atoms with van der Waals surface area (Å²) in [6.45, 7) is 8.48. The maximum atomic E-state index is 12.0. The van der Waals surface area contributed by atoms with Crippen LogP contribution in [0, 0.1) is 5.92 Å². The number of carbonyl (C=O) groups is 2. The van der Waals surface area contributed by atoms with Gasteiger partial charge in [0.25, 0.3) is 0 Å². The van der Waals surface area contributed by atoms with Crippen LogP contribution in [0.3, 0.4) is 0 Å². The summed E-state index contributed by atoms with van der Waals surface area (Å²) in [6.07, 6.45) is 0.893. The van der Waals surface area contributed by atoms with Crippen LogP contribution in [-0.4, -0.2) is 42.2 Å². The van der Waals surface area contributed by atoms with Crippen molar-refractivity contribution >= 4 is 23.7 Å². The Labute approximate surface area is 148 Å². The van der Waals surface area contributed by atoms with Gasteiger partial charge in [-0.15, -0.1) is 11.8 Å². The predicted molar refractivity (Wildman–Crippen MR) is 98.1 cm³/mol. The molecule has 0 bridgehead atoms. The summed E-state index contributed by atoms with van der Waals surface area (Å²) in [5, 5.41) is 2.95. The zero-order chi connectivity index (χ0) is 17.7. The standard InChI is InChI=1S/C18H27N3O2S/c1-18(2,3)14-4-6-15(7-5-14)24-12-16(22)20-10-13-8-9-21(11-13)17(19)23/h4-7,13H,8-12H2,1-3H3,(H2,19,23)(H,20,22)/t13-/m0/s1. The predicted octanol–water partition coefficient (Wildman–Crippen LogP) is 2.59. The van der Waals surface area contributed by atoms with Crippen molar-refractivity contribution in [1.82, 2.24) is 10.2 Å². The van der Waals surface area contributed by atoms with Crippen molar-refractivity contribution in [2.45, 2.75) is 37.5 Å². The first-order chi connectivity index (χ1) is 11.3. The van der Waals surface area contributed by atoms with Crippen molar-refractivity contribution in [1.29, 1.82) is 0 Å². The molecule has 1 heterocycles. The van der Waals surface area contributed by atoms with Crippen LogP contribution in [0.15, 0.2) is 29.2 Å². The van der Waals surface area contributed by atoms with Gasteiger partial charge in [-0.1, -0.05) is 32.9 Å². The first-order valence-corrected chi connectivity index (χ1v) is 9.28. The number of amides is 3. The number of thioether (sulfide) groups is 1. The van der Waals surface area contributed by atoms with Gasteiger partial charge >= 0.3 is 6.03 Å². The largest absolute Gasteiger partial charge is 0.355 e. The lowest BCUT2D eigenvalue weighted by atomic mass is 9.87. The van der Waals surface area contributed by atoms with Crippen molar-refractivity contribution in [3.63, 3.8) is 0 Å². The molecule has 1 atom stereocenters. The molecule has 0 unspecified atom stereocenters. The Hall–Kier alpha value is -1.69. The highest BCUT2D eigenvalue weighted by molar-refractivity contribution is 8.00. The maximum absolute atomic E-state index is 12.0. The number of carbonyl (C=O) groups excluding carboxylic acids is 2. The quantitative estimate of drug-likeness (QED) is 0.802. The van der Waals surface area contributed by atoms with Gasteiger partial charge in [0.05, 0.1) is 5.75 Å². The van der Waals surface area contributed by atoms with E-state index in [1.165, 1.54) is 17.3 Å². The van der Waals surface area contributed by atoms with Gasteiger partial charge in [0, 0.05) is 24.5 Å². The fourth-order valence-corrected chi connectivity index (χ4v) is 3.44. The molecule has 0 saturated carbocycles. The van der Waals surface area contributed by atoms with E-state index in [9.17, 15) is 9.59 Å². The molecule has 0 aromatic heterocycles. The van der Waals surface area contributed by atoms with Gasteiger partial charge in [-0.2, -0.15) is 0 Å². The van der Waals surface area contributed by atoms with Gasteiger partial charge < -0.3 is 16.0 Å². The monoisotopic (exact) mass is 349 g/mol. The summed E-state index contributed by atoms with van der Waals surface area (Å²) in [5.41, 5.74) is 6.69. The maximum Gasteiger partial charge on any atom is 0.314 e. The third-order valence-electron chi connectivity index (χ3n) is 4.28. The van der Waals surface area contributed by atoms with E-state index in [4.69, 9.17) is 5.73 Å². The van der Waals surface area contributed by atoms with Crippen LogP contribution in [0.4, 0.5) is 4.79 Å². The number of nitrogens with one attached hydrogen (secondary N) is 1. The van der Waals surface area contributed by atoms with Crippen molar-refractivity contribution < 1.29 is 9.59 Å². The minimum atomic E-state index is -0.377. The minimum absolute atomic E-state index is 0.0254. The molecule has 1 aromatic carbocycles. The fourth-order valence-electron chi connectivity index (χ4n) is 2.71. The van der Waals surface area contributed by atoms with Crippen molar-refractivity contribution in [2.24, 2.45) is 11.7 Å². The van der Waals surface area contributed by atoms with Crippen LogP contribution in [0.2, 0.25) is 0 Å². The summed E-state index contributed by atoms with van der Waals surface area (Å²) in [7, 11) is 0. The number of urea groups is 1. The van der Waals surface area contributed by atoms with Crippen molar-refractivity contribution in [3.8, 4) is 0 Å². The number of primary amides is 1. The van der Waals surface area contributed by atoms with E-state index in [2.05, 4.69) is 50.4 Å². The van der Waals surface area contributed by atoms with Gasteiger partial charge in [0.1, 0.15) is 0 Å². The normalized spacial score (nSPS) is 17.8. The molecule has 1 fully saturated rings. The summed E-state index contributed by atoms with van der Waals surface area (Å²) >= 11 is 1.54. The second-order valence-electron chi connectivity index (χ2n) is 7.31. The zero-order valence-corrected chi connectivity index (χ0v) is 15.5. The summed E-state index contributed by atoms with van der Waals surface area (Å²) < 4.78 is 0. The fraction of sp³-hybridized carbons (Fsp3) is 0.556. The number of rotatable bonds is 5. The van der Waals surface area contributed by atoms with E-state index in [1.54, 1.807) is 4.90 Å². The highest BCUT2D eigenvalue weighted by atomic mass is 32.2. The van der Waals surface area contributed by atoms with Gasteiger partial charge in [-0.25, -0.2) is 4.79 Å². The average molecular weight is 350 g/mol. The van der Waals surface area contributed by atoms with Crippen LogP contribution in [0.25, 0.3) is 0 Å².